The maximum absolute atomic E-state index is 6.17. The van der Waals surface area contributed by atoms with Gasteiger partial charge in [-0.2, -0.15) is 9.97 Å². The fraction of sp³-hybridized carbons (Fsp3) is 0.200. The molecular formula is C15H14ClN5. The average molecular weight is 300 g/mol. The minimum Gasteiger partial charge on any atom is -0.350 e. The number of aryl methyl sites for hydroxylation is 2. The van der Waals surface area contributed by atoms with Crippen molar-refractivity contribution in [2.45, 2.75) is 20.4 Å². The first-order valence-corrected chi connectivity index (χ1v) is 6.97. The topological polar surface area (TPSA) is 63.6 Å². The molecule has 0 unspecified atom stereocenters. The molecule has 2 aromatic heterocycles. The van der Waals surface area contributed by atoms with Crippen molar-refractivity contribution in [1.29, 1.82) is 0 Å². The highest BCUT2D eigenvalue weighted by molar-refractivity contribution is 6.33. The van der Waals surface area contributed by atoms with Crippen LogP contribution in [0.4, 0.5) is 5.95 Å². The summed E-state index contributed by atoms with van der Waals surface area (Å²) in [6.45, 7) is 4.41. The highest BCUT2D eigenvalue weighted by Gasteiger charge is 2.10. The number of anilines is 1. The molecule has 0 aliphatic rings. The summed E-state index contributed by atoms with van der Waals surface area (Å²) < 4.78 is 0. The van der Waals surface area contributed by atoms with E-state index in [0.29, 0.717) is 28.8 Å². The van der Waals surface area contributed by atoms with E-state index in [4.69, 9.17) is 11.6 Å². The van der Waals surface area contributed by atoms with Gasteiger partial charge in [0.15, 0.2) is 10.8 Å². The molecule has 0 atom stereocenters. The van der Waals surface area contributed by atoms with Gasteiger partial charge in [0.05, 0.1) is 11.4 Å². The Morgan fingerprint density at radius 2 is 1.67 bits per heavy atom. The Bertz CT molecular complexity index is 789. The van der Waals surface area contributed by atoms with Crippen LogP contribution < -0.4 is 5.32 Å². The van der Waals surface area contributed by atoms with E-state index in [-0.39, 0.29) is 0 Å². The molecule has 0 radical (unpaired) electrons. The van der Waals surface area contributed by atoms with E-state index >= 15 is 0 Å². The Hall–Kier alpha value is -2.27. The predicted molar refractivity (Wildman–Crippen MR) is 83.4 cm³/mol. The van der Waals surface area contributed by atoms with Crippen molar-refractivity contribution in [3.05, 3.63) is 52.4 Å². The SMILES string of the molecule is Cc1nc2nc(NCc3ccccc3)nc(Cl)c2nc1C. The van der Waals surface area contributed by atoms with Crippen molar-refractivity contribution < 1.29 is 0 Å². The minimum atomic E-state index is 0.311. The molecule has 0 saturated heterocycles. The van der Waals surface area contributed by atoms with Gasteiger partial charge in [0, 0.05) is 6.54 Å². The number of benzene rings is 1. The molecule has 0 aliphatic heterocycles. The van der Waals surface area contributed by atoms with Crippen LogP contribution in [0.3, 0.4) is 0 Å². The van der Waals surface area contributed by atoms with E-state index in [0.717, 1.165) is 17.0 Å². The largest absolute Gasteiger partial charge is 0.350 e. The summed E-state index contributed by atoms with van der Waals surface area (Å²) in [6.07, 6.45) is 0. The summed E-state index contributed by atoms with van der Waals surface area (Å²) >= 11 is 6.17. The average Bonchev–Trinajstić information content (AvgIpc) is 2.48. The molecule has 1 N–H and O–H groups in total. The molecule has 2 heterocycles. The number of aromatic nitrogens is 4. The first-order chi connectivity index (χ1) is 10.1. The molecule has 3 rings (SSSR count). The van der Waals surface area contributed by atoms with E-state index in [1.807, 2.05) is 44.2 Å². The van der Waals surface area contributed by atoms with Gasteiger partial charge in [0.1, 0.15) is 5.52 Å². The van der Waals surface area contributed by atoms with Gasteiger partial charge in [0.25, 0.3) is 0 Å². The lowest BCUT2D eigenvalue weighted by Crippen LogP contribution is -2.06. The molecule has 0 saturated carbocycles. The lowest BCUT2D eigenvalue weighted by Gasteiger charge is -2.07. The number of rotatable bonds is 3. The summed E-state index contributed by atoms with van der Waals surface area (Å²) in [6, 6.07) is 10.0. The van der Waals surface area contributed by atoms with Crippen molar-refractivity contribution in [2.24, 2.45) is 0 Å². The molecule has 6 heteroatoms. The lowest BCUT2D eigenvalue weighted by molar-refractivity contribution is 1.03. The molecule has 0 aliphatic carbocycles. The summed E-state index contributed by atoms with van der Waals surface area (Å²) in [5.41, 5.74) is 3.85. The van der Waals surface area contributed by atoms with E-state index in [9.17, 15) is 0 Å². The summed E-state index contributed by atoms with van der Waals surface area (Å²) in [5, 5.41) is 3.46. The van der Waals surface area contributed by atoms with E-state index in [1.165, 1.54) is 0 Å². The van der Waals surface area contributed by atoms with Crippen molar-refractivity contribution in [2.75, 3.05) is 5.32 Å². The van der Waals surface area contributed by atoms with Gasteiger partial charge in [-0.1, -0.05) is 41.9 Å². The summed E-state index contributed by atoms with van der Waals surface area (Å²) in [4.78, 5) is 17.4. The Kier molecular flexibility index (Phi) is 3.66. The van der Waals surface area contributed by atoms with Gasteiger partial charge in [-0.05, 0) is 19.4 Å². The quantitative estimate of drug-likeness (QED) is 0.752. The smallest absolute Gasteiger partial charge is 0.226 e. The molecule has 0 bridgehead atoms. The van der Waals surface area contributed by atoms with E-state index in [2.05, 4.69) is 25.3 Å². The van der Waals surface area contributed by atoms with Crippen LogP contribution in [0.25, 0.3) is 11.2 Å². The molecule has 21 heavy (non-hydrogen) atoms. The maximum Gasteiger partial charge on any atom is 0.226 e. The van der Waals surface area contributed by atoms with Crippen LogP contribution in [0.5, 0.6) is 0 Å². The number of nitrogens with zero attached hydrogens (tertiary/aromatic N) is 4. The van der Waals surface area contributed by atoms with Crippen LogP contribution in [0.2, 0.25) is 5.15 Å². The fourth-order valence-electron chi connectivity index (χ4n) is 1.93. The Morgan fingerprint density at radius 3 is 2.43 bits per heavy atom. The molecule has 0 fully saturated rings. The van der Waals surface area contributed by atoms with Gasteiger partial charge in [0.2, 0.25) is 5.95 Å². The Balaban J connectivity index is 1.91. The molecule has 3 aromatic rings. The van der Waals surface area contributed by atoms with Crippen molar-refractivity contribution in [3.63, 3.8) is 0 Å². The molecule has 106 valence electrons. The number of fused-ring (bicyclic) bond motifs is 1. The van der Waals surface area contributed by atoms with Gasteiger partial charge in [-0.15, -0.1) is 0 Å². The van der Waals surface area contributed by atoms with Crippen LogP contribution in [0.1, 0.15) is 17.0 Å². The fourth-order valence-corrected chi connectivity index (χ4v) is 2.14. The van der Waals surface area contributed by atoms with Crippen LogP contribution in [-0.2, 0) is 6.54 Å². The summed E-state index contributed by atoms with van der Waals surface area (Å²) in [5.74, 6) is 0.453. The first-order valence-electron chi connectivity index (χ1n) is 6.60. The minimum absolute atomic E-state index is 0.311. The number of halogens is 1. The molecule has 1 aromatic carbocycles. The second kappa shape index (κ2) is 5.61. The highest BCUT2D eigenvalue weighted by atomic mass is 35.5. The highest BCUT2D eigenvalue weighted by Crippen LogP contribution is 2.20. The lowest BCUT2D eigenvalue weighted by atomic mass is 10.2. The third-order valence-corrected chi connectivity index (χ3v) is 3.46. The van der Waals surface area contributed by atoms with E-state index in [1.54, 1.807) is 0 Å². The maximum atomic E-state index is 6.17. The van der Waals surface area contributed by atoms with Gasteiger partial charge >= 0.3 is 0 Å². The number of hydrogen-bond acceptors (Lipinski definition) is 5. The van der Waals surface area contributed by atoms with Crippen molar-refractivity contribution in [1.82, 2.24) is 19.9 Å². The normalized spacial score (nSPS) is 10.8. The zero-order valence-corrected chi connectivity index (χ0v) is 12.5. The number of hydrogen-bond donors (Lipinski definition) is 1. The standard InChI is InChI=1S/C15H14ClN5/c1-9-10(2)19-14-12(18-9)13(16)20-15(21-14)17-8-11-6-4-3-5-7-11/h3-7H,8H2,1-2H3,(H,17,19,20,21). The Morgan fingerprint density at radius 1 is 0.952 bits per heavy atom. The number of nitrogens with one attached hydrogen (secondary N) is 1. The second-order valence-electron chi connectivity index (χ2n) is 4.74. The van der Waals surface area contributed by atoms with Crippen molar-refractivity contribution in [3.8, 4) is 0 Å². The first kappa shape index (κ1) is 13.7. The van der Waals surface area contributed by atoms with Crippen LogP contribution in [0, 0.1) is 13.8 Å². The molecule has 0 spiro atoms. The zero-order valence-electron chi connectivity index (χ0n) is 11.8. The molecular weight excluding hydrogens is 286 g/mol. The molecule has 5 nitrogen and oxygen atoms in total. The van der Waals surface area contributed by atoms with Crippen LogP contribution in [0.15, 0.2) is 30.3 Å². The third-order valence-electron chi connectivity index (χ3n) is 3.19. The predicted octanol–water partition coefficient (Wildman–Crippen LogP) is 3.30. The van der Waals surface area contributed by atoms with Crippen LogP contribution in [-0.4, -0.2) is 19.9 Å². The monoisotopic (exact) mass is 299 g/mol. The van der Waals surface area contributed by atoms with Crippen molar-refractivity contribution >= 4 is 28.7 Å². The van der Waals surface area contributed by atoms with Gasteiger partial charge < -0.3 is 5.32 Å². The van der Waals surface area contributed by atoms with Crippen LogP contribution >= 0.6 is 11.6 Å². The summed E-state index contributed by atoms with van der Waals surface area (Å²) in [7, 11) is 0. The second-order valence-corrected chi connectivity index (χ2v) is 5.10. The van der Waals surface area contributed by atoms with E-state index < -0.39 is 0 Å². The van der Waals surface area contributed by atoms with Gasteiger partial charge in [-0.3, -0.25) is 0 Å². The molecule has 0 amide bonds. The zero-order chi connectivity index (χ0) is 14.8. The Labute approximate surface area is 127 Å². The third kappa shape index (κ3) is 2.92. The van der Waals surface area contributed by atoms with Gasteiger partial charge in [-0.25, -0.2) is 9.97 Å².